The minimum absolute atomic E-state index is 0.290. The van der Waals surface area contributed by atoms with Crippen LogP contribution in [0.15, 0.2) is 12.2 Å². The molecule has 0 bridgehead atoms. The predicted molar refractivity (Wildman–Crippen MR) is 45.4 cm³/mol. The van der Waals surface area contributed by atoms with Crippen molar-refractivity contribution in [3.05, 3.63) is 12.2 Å². The van der Waals surface area contributed by atoms with Crippen LogP contribution in [0.2, 0.25) is 0 Å². The molecular weight excluding hydrogens is 136 g/mol. The number of epoxide rings is 1. The molecule has 11 heavy (non-hydrogen) atoms. The predicted octanol–water partition coefficient (Wildman–Crippen LogP) is 2.52. The van der Waals surface area contributed by atoms with Gasteiger partial charge >= 0.3 is 0 Å². The van der Waals surface area contributed by atoms with E-state index in [1.54, 1.807) is 0 Å². The van der Waals surface area contributed by atoms with E-state index in [2.05, 4.69) is 26.0 Å². The van der Waals surface area contributed by atoms with Gasteiger partial charge in [-0.2, -0.15) is 0 Å². The van der Waals surface area contributed by atoms with Crippen molar-refractivity contribution in [2.75, 3.05) is 0 Å². The van der Waals surface area contributed by atoms with Crippen molar-refractivity contribution in [3.8, 4) is 0 Å². The largest absolute Gasteiger partial charge is 0.366 e. The molecule has 0 N–H and O–H groups in total. The van der Waals surface area contributed by atoms with Crippen LogP contribution in [-0.2, 0) is 4.74 Å². The summed E-state index contributed by atoms with van der Waals surface area (Å²) in [5.41, 5.74) is 0.290. The molecule has 1 heterocycles. The number of hydrogen-bond donors (Lipinski definition) is 0. The summed E-state index contributed by atoms with van der Waals surface area (Å²) in [4.78, 5) is 0. The molecule has 1 heteroatoms. The van der Waals surface area contributed by atoms with E-state index in [-0.39, 0.29) is 5.60 Å². The fraction of sp³-hybridized carbons (Fsp3) is 0.800. The molecule has 0 aromatic carbocycles. The first-order chi connectivity index (χ1) is 5.24. The zero-order chi connectivity index (χ0) is 7.90. The Morgan fingerprint density at radius 3 is 3.00 bits per heavy atom. The van der Waals surface area contributed by atoms with Crippen LogP contribution in [0, 0.1) is 5.92 Å². The Bertz CT molecular complexity index is 185. The Kier molecular flexibility index (Phi) is 1.57. The third kappa shape index (κ3) is 1.22. The van der Waals surface area contributed by atoms with Crippen molar-refractivity contribution in [2.24, 2.45) is 5.92 Å². The highest BCUT2D eigenvalue weighted by atomic mass is 16.6. The van der Waals surface area contributed by atoms with Gasteiger partial charge in [0.1, 0.15) is 0 Å². The normalized spacial score (nSPS) is 49.3. The van der Waals surface area contributed by atoms with Crippen LogP contribution >= 0.6 is 0 Å². The average molecular weight is 152 g/mol. The molecule has 1 saturated heterocycles. The minimum atomic E-state index is 0.290. The van der Waals surface area contributed by atoms with Crippen molar-refractivity contribution in [1.82, 2.24) is 0 Å². The van der Waals surface area contributed by atoms with Gasteiger partial charge in [0.25, 0.3) is 0 Å². The standard InChI is InChI=1S/C10H16O/c1-3-4-8-5-6-10(2)9(7-8)11-10/h3-4,8-9H,5-7H2,1-2H3/b4-3+/t8-,9?,10?/m1/s1. The molecule has 3 atom stereocenters. The van der Waals surface area contributed by atoms with Crippen LogP contribution in [-0.4, -0.2) is 11.7 Å². The summed E-state index contributed by atoms with van der Waals surface area (Å²) in [6, 6.07) is 0. The molecule has 0 amide bonds. The molecule has 1 aliphatic heterocycles. The van der Waals surface area contributed by atoms with Crippen LogP contribution in [0.1, 0.15) is 33.1 Å². The van der Waals surface area contributed by atoms with Crippen LogP contribution in [0.4, 0.5) is 0 Å². The Morgan fingerprint density at radius 2 is 2.36 bits per heavy atom. The molecule has 2 unspecified atom stereocenters. The van der Waals surface area contributed by atoms with Crippen LogP contribution in [0.3, 0.4) is 0 Å². The maximum absolute atomic E-state index is 5.61. The average Bonchev–Trinajstić information content (AvgIpc) is 2.61. The third-order valence-electron chi connectivity index (χ3n) is 3.03. The number of hydrogen-bond acceptors (Lipinski definition) is 1. The molecule has 0 aromatic rings. The highest BCUT2D eigenvalue weighted by molar-refractivity contribution is 5.06. The van der Waals surface area contributed by atoms with Crippen LogP contribution in [0.5, 0.6) is 0 Å². The molecule has 0 radical (unpaired) electrons. The quantitative estimate of drug-likeness (QED) is 0.415. The van der Waals surface area contributed by atoms with Gasteiger partial charge in [0, 0.05) is 0 Å². The molecular formula is C10H16O. The molecule has 2 rings (SSSR count). The highest BCUT2D eigenvalue weighted by Crippen LogP contribution is 2.49. The fourth-order valence-corrected chi connectivity index (χ4v) is 2.12. The van der Waals surface area contributed by atoms with E-state index in [0.29, 0.717) is 6.10 Å². The Hall–Kier alpha value is -0.300. The maximum Gasteiger partial charge on any atom is 0.0920 e. The van der Waals surface area contributed by atoms with Crippen molar-refractivity contribution < 1.29 is 4.74 Å². The lowest BCUT2D eigenvalue weighted by atomic mass is 9.83. The second kappa shape index (κ2) is 2.34. The van der Waals surface area contributed by atoms with Crippen molar-refractivity contribution in [1.29, 1.82) is 0 Å². The van der Waals surface area contributed by atoms with Gasteiger partial charge in [0.05, 0.1) is 11.7 Å². The molecule has 62 valence electrons. The van der Waals surface area contributed by atoms with E-state index in [1.165, 1.54) is 19.3 Å². The van der Waals surface area contributed by atoms with Crippen molar-refractivity contribution >= 4 is 0 Å². The van der Waals surface area contributed by atoms with E-state index < -0.39 is 0 Å². The molecule has 1 nitrogen and oxygen atoms in total. The zero-order valence-corrected chi connectivity index (χ0v) is 7.34. The van der Waals surface area contributed by atoms with Gasteiger partial charge in [-0.05, 0) is 39.0 Å². The topological polar surface area (TPSA) is 12.5 Å². The summed E-state index contributed by atoms with van der Waals surface area (Å²) in [5.74, 6) is 0.792. The Morgan fingerprint density at radius 1 is 1.55 bits per heavy atom. The summed E-state index contributed by atoms with van der Waals surface area (Å²) >= 11 is 0. The van der Waals surface area contributed by atoms with E-state index in [0.717, 1.165) is 5.92 Å². The Balaban J connectivity index is 1.93. The van der Waals surface area contributed by atoms with Gasteiger partial charge in [0.2, 0.25) is 0 Å². The first-order valence-electron chi connectivity index (χ1n) is 4.55. The second-order valence-corrected chi connectivity index (χ2v) is 3.98. The maximum atomic E-state index is 5.61. The van der Waals surface area contributed by atoms with Crippen LogP contribution < -0.4 is 0 Å². The highest BCUT2D eigenvalue weighted by Gasteiger charge is 2.54. The summed E-state index contributed by atoms with van der Waals surface area (Å²) in [6.45, 7) is 4.34. The van der Waals surface area contributed by atoms with Gasteiger partial charge in [-0.1, -0.05) is 12.2 Å². The molecule has 1 saturated carbocycles. The fourth-order valence-electron chi connectivity index (χ4n) is 2.12. The summed E-state index contributed by atoms with van der Waals surface area (Å²) < 4.78 is 5.61. The molecule has 1 aliphatic carbocycles. The lowest BCUT2D eigenvalue weighted by Gasteiger charge is -2.18. The lowest BCUT2D eigenvalue weighted by molar-refractivity contribution is 0.303. The van der Waals surface area contributed by atoms with E-state index in [1.807, 2.05) is 0 Å². The summed E-state index contributed by atoms with van der Waals surface area (Å²) in [5, 5.41) is 0. The van der Waals surface area contributed by atoms with Crippen molar-refractivity contribution in [2.45, 2.75) is 44.8 Å². The van der Waals surface area contributed by atoms with E-state index >= 15 is 0 Å². The third-order valence-corrected chi connectivity index (χ3v) is 3.03. The number of allylic oxidation sites excluding steroid dienone is 2. The van der Waals surface area contributed by atoms with Gasteiger partial charge in [0.15, 0.2) is 0 Å². The molecule has 2 aliphatic rings. The minimum Gasteiger partial charge on any atom is -0.366 e. The van der Waals surface area contributed by atoms with Crippen molar-refractivity contribution in [3.63, 3.8) is 0 Å². The number of fused-ring (bicyclic) bond motifs is 1. The van der Waals surface area contributed by atoms with Gasteiger partial charge in [-0.3, -0.25) is 0 Å². The second-order valence-electron chi connectivity index (χ2n) is 3.98. The monoisotopic (exact) mass is 152 g/mol. The lowest BCUT2D eigenvalue weighted by Crippen LogP contribution is -2.19. The Labute approximate surface area is 68.4 Å². The molecule has 2 fully saturated rings. The summed E-state index contributed by atoms with van der Waals surface area (Å²) in [6.07, 6.45) is 8.89. The van der Waals surface area contributed by atoms with Gasteiger partial charge in [-0.25, -0.2) is 0 Å². The molecule has 0 aromatic heterocycles. The van der Waals surface area contributed by atoms with Crippen LogP contribution in [0.25, 0.3) is 0 Å². The first-order valence-corrected chi connectivity index (χ1v) is 4.55. The molecule has 0 spiro atoms. The smallest absolute Gasteiger partial charge is 0.0920 e. The number of ether oxygens (including phenoxy) is 1. The first kappa shape index (κ1) is 7.35. The summed E-state index contributed by atoms with van der Waals surface area (Å²) in [7, 11) is 0. The SMILES string of the molecule is C/C=C/[C@@H]1CCC2(C)OC2C1. The zero-order valence-electron chi connectivity index (χ0n) is 7.34. The van der Waals surface area contributed by atoms with E-state index in [9.17, 15) is 0 Å². The van der Waals surface area contributed by atoms with Gasteiger partial charge in [-0.15, -0.1) is 0 Å². The van der Waals surface area contributed by atoms with Gasteiger partial charge < -0.3 is 4.74 Å². The van der Waals surface area contributed by atoms with E-state index in [4.69, 9.17) is 4.74 Å². The number of rotatable bonds is 1.